The summed E-state index contributed by atoms with van der Waals surface area (Å²) in [6.45, 7) is 2.52. The Bertz CT molecular complexity index is 756. The number of likely N-dealkylation sites (tertiary alicyclic amines) is 1. The molecule has 128 valence electrons. The minimum absolute atomic E-state index is 0.108. The van der Waals surface area contributed by atoms with Gasteiger partial charge in [0.15, 0.2) is 0 Å². The summed E-state index contributed by atoms with van der Waals surface area (Å²) in [5.74, 6) is 0.155. The minimum atomic E-state index is -0.186. The van der Waals surface area contributed by atoms with Gasteiger partial charge in [0, 0.05) is 18.0 Å². The van der Waals surface area contributed by atoms with Crippen LogP contribution in [0, 0.1) is 5.92 Å². The molecule has 2 aromatic carbocycles. The van der Waals surface area contributed by atoms with Gasteiger partial charge in [-0.05, 0) is 24.5 Å². The number of esters is 1. The molecule has 1 aliphatic heterocycles. The molecule has 0 amide bonds. The Hall–Kier alpha value is -2.39. The topological polar surface area (TPSA) is 29.5 Å². The summed E-state index contributed by atoms with van der Waals surface area (Å²) < 4.78 is 5.67. The molecule has 0 saturated carbocycles. The van der Waals surface area contributed by atoms with E-state index in [9.17, 15) is 4.79 Å². The average Bonchev–Trinajstić information content (AvgIpc) is 3.28. The molecule has 0 N–H and O–H groups in total. The van der Waals surface area contributed by atoms with E-state index in [1.807, 2.05) is 36.4 Å². The number of benzene rings is 2. The number of carbonyl (C=O) groups excluding carboxylic acids is 1. The van der Waals surface area contributed by atoms with Gasteiger partial charge >= 0.3 is 5.97 Å². The standard InChI is InChI=1S/C22H23NO2/c1-16(18-10-6-3-7-11-18)23-20-13-12-19(14-20)21(23)22(24)25-15-17-8-4-2-5-9-17/h2-13,16,19-21H,14-15H2,1H3/t16-,19+,20-,21+/m0/s1. The van der Waals surface area contributed by atoms with Gasteiger partial charge in [0.2, 0.25) is 0 Å². The molecular formula is C22H23NO2. The fourth-order valence-electron chi connectivity index (χ4n) is 4.13. The maximum Gasteiger partial charge on any atom is 0.324 e. The highest BCUT2D eigenvalue weighted by molar-refractivity contribution is 5.78. The molecule has 0 spiro atoms. The van der Waals surface area contributed by atoms with Crippen molar-refractivity contribution in [1.29, 1.82) is 0 Å². The second-order valence-electron chi connectivity index (χ2n) is 6.92. The largest absolute Gasteiger partial charge is 0.460 e. The lowest BCUT2D eigenvalue weighted by atomic mass is 9.99. The number of fused-ring (bicyclic) bond motifs is 2. The van der Waals surface area contributed by atoms with E-state index in [2.05, 4.69) is 48.2 Å². The Morgan fingerprint density at radius 1 is 1.08 bits per heavy atom. The van der Waals surface area contributed by atoms with Crippen LogP contribution in [0.15, 0.2) is 72.8 Å². The van der Waals surface area contributed by atoms with E-state index in [0.29, 0.717) is 12.6 Å². The summed E-state index contributed by atoms with van der Waals surface area (Å²) >= 11 is 0. The summed E-state index contributed by atoms with van der Waals surface area (Å²) in [5, 5.41) is 0. The highest BCUT2D eigenvalue weighted by Crippen LogP contribution is 2.43. The van der Waals surface area contributed by atoms with E-state index in [1.165, 1.54) is 5.56 Å². The van der Waals surface area contributed by atoms with Crippen molar-refractivity contribution in [3.63, 3.8) is 0 Å². The molecule has 1 fully saturated rings. The second kappa shape index (κ2) is 6.85. The Morgan fingerprint density at radius 3 is 2.48 bits per heavy atom. The summed E-state index contributed by atoms with van der Waals surface area (Å²) in [5.41, 5.74) is 2.27. The third-order valence-electron chi connectivity index (χ3n) is 5.40. The Morgan fingerprint density at radius 2 is 1.76 bits per heavy atom. The molecule has 25 heavy (non-hydrogen) atoms. The molecule has 2 aromatic rings. The maximum absolute atomic E-state index is 12.9. The summed E-state index contributed by atoms with van der Waals surface area (Å²) in [4.78, 5) is 15.2. The molecule has 1 saturated heterocycles. The highest BCUT2D eigenvalue weighted by atomic mass is 16.5. The Balaban J connectivity index is 1.51. The van der Waals surface area contributed by atoms with E-state index < -0.39 is 0 Å². The van der Waals surface area contributed by atoms with Crippen LogP contribution in [0.1, 0.15) is 30.5 Å². The molecular weight excluding hydrogens is 310 g/mol. The SMILES string of the molecule is C[C@@H](c1ccccc1)N1[C@H]2C=C[C@H](C2)[C@@H]1C(=O)OCc1ccccc1. The molecule has 1 aliphatic carbocycles. The van der Waals surface area contributed by atoms with Crippen molar-refractivity contribution in [2.45, 2.75) is 38.1 Å². The zero-order chi connectivity index (χ0) is 17.2. The minimum Gasteiger partial charge on any atom is -0.460 e. The first-order valence-corrected chi connectivity index (χ1v) is 8.95. The zero-order valence-electron chi connectivity index (χ0n) is 14.4. The van der Waals surface area contributed by atoms with Crippen molar-refractivity contribution in [3.8, 4) is 0 Å². The van der Waals surface area contributed by atoms with Crippen molar-refractivity contribution >= 4 is 5.97 Å². The lowest BCUT2D eigenvalue weighted by Crippen LogP contribution is -2.46. The lowest BCUT2D eigenvalue weighted by molar-refractivity contribution is -0.152. The quantitative estimate of drug-likeness (QED) is 0.609. The number of rotatable bonds is 5. The molecule has 0 radical (unpaired) electrons. The van der Waals surface area contributed by atoms with Crippen LogP contribution in [0.4, 0.5) is 0 Å². The van der Waals surface area contributed by atoms with Crippen LogP contribution in [-0.2, 0) is 16.1 Å². The molecule has 4 rings (SSSR count). The van der Waals surface area contributed by atoms with Crippen LogP contribution in [0.25, 0.3) is 0 Å². The molecule has 1 heterocycles. The average molecular weight is 333 g/mol. The van der Waals surface area contributed by atoms with Crippen LogP contribution < -0.4 is 0 Å². The Labute approximate surface area is 148 Å². The number of carbonyl (C=O) groups is 1. The van der Waals surface area contributed by atoms with Gasteiger partial charge in [0.25, 0.3) is 0 Å². The van der Waals surface area contributed by atoms with Crippen molar-refractivity contribution in [2.75, 3.05) is 0 Å². The number of ether oxygens (including phenoxy) is 1. The fraction of sp³-hybridized carbons (Fsp3) is 0.318. The molecule has 3 heteroatoms. The van der Waals surface area contributed by atoms with Crippen LogP contribution in [0.3, 0.4) is 0 Å². The van der Waals surface area contributed by atoms with Gasteiger partial charge in [0.1, 0.15) is 12.6 Å². The van der Waals surface area contributed by atoms with E-state index in [1.54, 1.807) is 0 Å². The van der Waals surface area contributed by atoms with Gasteiger partial charge in [-0.1, -0.05) is 72.8 Å². The van der Waals surface area contributed by atoms with Gasteiger partial charge < -0.3 is 4.74 Å². The number of nitrogens with zero attached hydrogens (tertiary/aromatic N) is 1. The molecule has 2 aliphatic rings. The monoisotopic (exact) mass is 333 g/mol. The predicted molar refractivity (Wildman–Crippen MR) is 97.8 cm³/mol. The smallest absolute Gasteiger partial charge is 0.324 e. The van der Waals surface area contributed by atoms with Crippen molar-refractivity contribution in [1.82, 2.24) is 4.90 Å². The van der Waals surface area contributed by atoms with Gasteiger partial charge in [-0.25, -0.2) is 0 Å². The van der Waals surface area contributed by atoms with Crippen LogP contribution >= 0.6 is 0 Å². The van der Waals surface area contributed by atoms with Crippen LogP contribution in [0.5, 0.6) is 0 Å². The zero-order valence-corrected chi connectivity index (χ0v) is 14.4. The van der Waals surface area contributed by atoms with E-state index in [4.69, 9.17) is 4.74 Å². The molecule has 0 unspecified atom stereocenters. The molecule has 3 nitrogen and oxygen atoms in total. The van der Waals surface area contributed by atoms with Crippen molar-refractivity contribution in [2.24, 2.45) is 5.92 Å². The second-order valence-corrected chi connectivity index (χ2v) is 6.92. The normalized spacial score (nSPS) is 25.9. The molecule has 2 bridgehead atoms. The first kappa shape index (κ1) is 16.1. The van der Waals surface area contributed by atoms with Gasteiger partial charge in [0.05, 0.1) is 0 Å². The molecule has 0 aromatic heterocycles. The lowest BCUT2D eigenvalue weighted by Gasteiger charge is -2.36. The van der Waals surface area contributed by atoms with Gasteiger partial charge in [-0.3, -0.25) is 9.69 Å². The van der Waals surface area contributed by atoms with Crippen molar-refractivity contribution in [3.05, 3.63) is 83.9 Å². The summed E-state index contributed by atoms with van der Waals surface area (Å²) in [6, 6.07) is 20.6. The Kier molecular flexibility index (Phi) is 4.41. The highest BCUT2D eigenvalue weighted by Gasteiger charge is 2.49. The first-order valence-electron chi connectivity index (χ1n) is 8.95. The van der Waals surface area contributed by atoms with Crippen LogP contribution in [-0.4, -0.2) is 23.0 Å². The number of hydrogen-bond acceptors (Lipinski definition) is 3. The van der Waals surface area contributed by atoms with Gasteiger partial charge in [-0.2, -0.15) is 0 Å². The third-order valence-corrected chi connectivity index (χ3v) is 5.40. The summed E-state index contributed by atoms with van der Waals surface area (Å²) in [7, 11) is 0. The maximum atomic E-state index is 12.9. The number of hydrogen-bond donors (Lipinski definition) is 0. The van der Waals surface area contributed by atoms with E-state index in [-0.39, 0.29) is 24.0 Å². The molecule has 4 atom stereocenters. The van der Waals surface area contributed by atoms with E-state index >= 15 is 0 Å². The fourth-order valence-corrected chi connectivity index (χ4v) is 4.13. The third kappa shape index (κ3) is 3.12. The van der Waals surface area contributed by atoms with E-state index in [0.717, 1.165) is 12.0 Å². The van der Waals surface area contributed by atoms with Crippen LogP contribution in [0.2, 0.25) is 0 Å². The van der Waals surface area contributed by atoms with Gasteiger partial charge in [-0.15, -0.1) is 0 Å². The predicted octanol–water partition coefficient (Wildman–Crippen LogP) is 4.12. The summed E-state index contributed by atoms with van der Waals surface area (Å²) in [6.07, 6.45) is 5.45. The van der Waals surface area contributed by atoms with Crippen molar-refractivity contribution < 1.29 is 9.53 Å². The first-order chi connectivity index (χ1) is 12.2.